The van der Waals surface area contributed by atoms with E-state index in [0.717, 1.165) is 28.3 Å². The lowest BCUT2D eigenvalue weighted by Gasteiger charge is -2.16. The van der Waals surface area contributed by atoms with Crippen molar-refractivity contribution in [2.24, 2.45) is 0 Å². The molecular weight excluding hydrogens is 326 g/mol. The first-order valence-corrected chi connectivity index (χ1v) is 8.55. The number of hydrogen-bond acceptors (Lipinski definition) is 3. The summed E-state index contributed by atoms with van der Waals surface area (Å²) < 4.78 is 12.5. The zero-order chi connectivity index (χ0) is 18.9. The van der Waals surface area contributed by atoms with Crippen molar-refractivity contribution in [3.8, 4) is 5.75 Å². The van der Waals surface area contributed by atoms with E-state index in [9.17, 15) is 4.79 Å². The fourth-order valence-corrected chi connectivity index (χ4v) is 3.55. The molecule has 2 aromatic carbocycles. The summed E-state index contributed by atoms with van der Waals surface area (Å²) >= 11 is 0. The maximum absolute atomic E-state index is 11.9. The molecule has 0 N–H and O–H groups in total. The monoisotopic (exact) mass is 350 g/mol. The van der Waals surface area contributed by atoms with Crippen LogP contribution >= 0.6 is 0 Å². The normalized spacial score (nSPS) is 15.3. The van der Waals surface area contributed by atoms with Gasteiger partial charge >= 0.3 is 5.97 Å². The predicted molar refractivity (Wildman–Crippen MR) is 104 cm³/mol. The highest BCUT2D eigenvalue weighted by molar-refractivity contribution is 6.06. The number of para-hydroxylation sites is 1. The van der Waals surface area contributed by atoms with E-state index in [-0.39, 0.29) is 11.4 Å². The molecule has 0 saturated heterocycles. The minimum absolute atomic E-state index is 0.230. The highest BCUT2D eigenvalue weighted by atomic mass is 16.5. The third-order valence-corrected chi connectivity index (χ3v) is 5.01. The van der Waals surface area contributed by atoms with Crippen molar-refractivity contribution >= 4 is 23.4 Å². The Morgan fingerprint density at radius 3 is 2.50 bits per heavy atom. The number of benzene rings is 2. The largest absolute Gasteiger partial charge is 0.496 e. The third-order valence-electron chi connectivity index (χ3n) is 5.01. The highest BCUT2D eigenvalue weighted by Crippen LogP contribution is 2.40. The molecule has 0 atom stereocenters. The second kappa shape index (κ2) is 6.79. The summed E-state index contributed by atoms with van der Waals surface area (Å²) in [7, 11) is 5.13. The summed E-state index contributed by atoms with van der Waals surface area (Å²) in [5.41, 5.74) is 4.73. The van der Waals surface area contributed by atoms with Crippen molar-refractivity contribution in [1.82, 2.24) is 0 Å². The average molecular weight is 350 g/mol. The lowest BCUT2D eigenvalue weighted by atomic mass is 9.80. The molecule has 0 amide bonds. The standard InChI is InChI=1S/C22H24NO3/c1-22(2)17-14-16(21(24)26-5)10-12-18(17)23(3)20(22)13-11-15-8-6-7-9-19(15)25-4/h6-14H,1-5H3/q+1/b13-11+. The van der Waals surface area contributed by atoms with Gasteiger partial charge in [0.25, 0.3) is 0 Å². The molecule has 0 aliphatic carbocycles. The van der Waals surface area contributed by atoms with E-state index in [1.165, 1.54) is 7.11 Å². The number of nitrogens with zero attached hydrogens (tertiary/aromatic N) is 1. The zero-order valence-electron chi connectivity index (χ0n) is 15.9. The van der Waals surface area contributed by atoms with Gasteiger partial charge in [-0.25, -0.2) is 4.79 Å². The number of allylic oxidation sites excluding steroid dienone is 1. The van der Waals surface area contributed by atoms with Gasteiger partial charge in [0.1, 0.15) is 12.8 Å². The van der Waals surface area contributed by atoms with Gasteiger partial charge in [0.2, 0.25) is 5.69 Å². The molecule has 26 heavy (non-hydrogen) atoms. The van der Waals surface area contributed by atoms with Crippen molar-refractivity contribution in [1.29, 1.82) is 0 Å². The first-order valence-electron chi connectivity index (χ1n) is 8.55. The van der Waals surface area contributed by atoms with Gasteiger partial charge in [-0.1, -0.05) is 18.2 Å². The summed E-state index contributed by atoms with van der Waals surface area (Å²) in [6.07, 6.45) is 4.19. The molecule has 134 valence electrons. The van der Waals surface area contributed by atoms with Gasteiger partial charge in [0.05, 0.1) is 25.2 Å². The molecule has 1 aliphatic rings. The van der Waals surface area contributed by atoms with Crippen LogP contribution in [0.25, 0.3) is 6.08 Å². The first-order chi connectivity index (χ1) is 12.4. The van der Waals surface area contributed by atoms with E-state index < -0.39 is 0 Å². The van der Waals surface area contributed by atoms with Crippen LogP contribution in [0.15, 0.2) is 48.5 Å². The van der Waals surface area contributed by atoms with Crippen molar-refractivity contribution in [2.45, 2.75) is 19.3 Å². The van der Waals surface area contributed by atoms with Gasteiger partial charge < -0.3 is 9.47 Å². The van der Waals surface area contributed by atoms with Crippen LogP contribution in [0.5, 0.6) is 5.75 Å². The molecule has 0 aromatic heterocycles. The SMILES string of the molecule is COC(=O)c1ccc2c(c1)C(C)(C)C(/C=C/c1ccccc1OC)=[N+]2C. The van der Waals surface area contributed by atoms with E-state index in [1.54, 1.807) is 7.11 Å². The number of esters is 1. The van der Waals surface area contributed by atoms with Crippen LogP contribution in [0.4, 0.5) is 5.69 Å². The van der Waals surface area contributed by atoms with Crippen molar-refractivity contribution in [2.75, 3.05) is 21.3 Å². The predicted octanol–water partition coefficient (Wildman–Crippen LogP) is 4.20. The summed E-state index contributed by atoms with van der Waals surface area (Å²) in [4.78, 5) is 11.9. The minimum atomic E-state index is -0.315. The Kier molecular flexibility index (Phi) is 4.68. The van der Waals surface area contributed by atoms with Gasteiger partial charge in [-0.2, -0.15) is 4.58 Å². The molecule has 2 aromatic rings. The molecule has 0 fully saturated rings. The average Bonchev–Trinajstić information content (AvgIpc) is 2.85. The van der Waals surface area contributed by atoms with Gasteiger partial charge in [0.15, 0.2) is 5.71 Å². The number of ether oxygens (including phenoxy) is 2. The van der Waals surface area contributed by atoms with Gasteiger partial charge in [-0.05, 0) is 38.1 Å². The second-order valence-corrected chi connectivity index (χ2v) is 6.87. The van der Waals surface area contributed by atoms with Crippen LogP contribution < -0.4 is 4.74 Å². The lowest BCUT2D eigenvalue weighted by molar-refractivity contribution is -0.401. The molecule has 3 rings (SSSR count). The number of rotatable bonds is 4. The van der Waals surface area contributed by atoms with Crippen LogP contribution in [-0.2, 0) is 10.2 Å². The maximum Gasteiger partial charge on any atom is 0.337 e. The maximum atomic E-state index is 11.9. The van der Waals surface area contributed by atoms with E-state index >= 15 is 0 Å². The number of fused-ring (bicyclic) bond motifs is 1. The summed E-state index contributed by atoms with van der Waals surface area (Å²) in [5, 5.41) is 0. The van der Waals surface area contributed by atoms with Crippen molar-refractivity contribution in [3.05, 3.63) is 65.2 Å². The lowest BCUT2D eigenvalue weighted by Crippen LogP contribution is -2.26. The van der Waals surface area contributed by atoms with E-state index in [0.29, 0.717) is 5.56 Å². The Morgan fingerprint density at radius 2 is 1.81 bits per heavy atom. The fraction of sp³-hybridized carbons (Fsp3) is 0.273. The molecule has 1 heterocycles. The Hall–Kier alpha value is -2.88. The third kappa shape index (κ3) is 2.92. The topological polar surface area (TPSA) is 38.5 Å². The molecule has 0 radical (unpaired) electrons. The van der Waals surface area contributed by atoms with Crippen LogP contribution in [0.2, 0.25) is 0 Å². The van der Waals surface area contributed by atoms with Crippen LogP contribution in [-0.4, -0.2) is 37.5 Å². The van der Waals surface area contributed by atoms with Gasteiger partial charge in [-0.15, -0.1) is 0 Å². The van der Waals surface area contributed by atoms with Crippen molar-refractivity contribution < 1.29 is 18.8 Å². The van der Waals surface area contributed by atoms with Crippen LogP contribution in [0.3, 0.4) is 0 Å². The molecule has 0 saturated carbocycles. The smallest absolute Gasteiger partial charge is 0.337 e. The molecule has 4 nitrogen and oxygen atoms in total. The Bertz CT molecular complexity index is 923. The number of hydrogen-bond donors (Lipinski definition) is 0. The molecular formula is C22H24NO3+. The quantitative estimate of drug-likeness (QED) is 0.613. The van der Waals surface area contributed by atoms with Crippen molar-refractivity contribution in [3.63, 3.8) is 0 Å². The number of carbonyl (C=O) groups excluding carboxylic acids is 1. The summed E-state index contributed by atoms with van der Waals surface area (Å²) in [6.45, 7) is 4.33. The zero-order valence-corrected chi connectivity index (χ0v) is 15.9. The van der Waals surface area contributed by atoms with Gasteiger partial charge in [-0.3, -0.25) is 0 Å². The fourth-order valence-electron chi connectivity index (χ4n) is 3.55. The van der Waals surface area contributed by atoms with Crippen LogP contribution in [0.1, 0.15) is 35.3 Å². The molecule has 4 heteroatoms. The highest BCUT2D eigenvalue weighted by Gasteiger charge is 2.43. The Morgan fingerprint density at radius 1 is 1.08 bits per heavy atom. The second-order valence-electron chi connectivity index (χ2n) is 6.87. The Balaban J connectivity index is 2.02. The first kappa shape index (κ1) is 17.9. The molecule has 0 spiro atoms. The molecule has 0 unspecified atom stereocenters. The van der Waals surface area contributed by atoms with E-state index in [4.69, 9.17) is 9.47 Å². The Labute approximate surface area is 154 Å². The summed E-state index contributed by atoms with van der Waals surface area (Å²) in [6, 6.07) is 13.7. The number of methoxy groups -OCH3 is 2. The summed E-state index contributed by atoms with van der Waals surface area (Å²) in [5.74, 6) is 0.526. The van der Waals surface area contributed by atoms with Gasteiger partial charge in [0, 0.05) is 23.3 Å². The van der Waals surface area contributed by atoms with E-state index in [1.807, 2.05) is 49.5 Å². The van der Waals surface area contributed by atoms with E-state index in [2.05, 4.69) is 30.6 Å². The minimum Gasteiger partial charge on any atom is -0.496 e. The molecule has 1 aliphatic heterocycles. The van der Waals surface area contributed by atoms with Crippen LogP contribution in [0, 0.1) is 0 Å². The number of carbonyl (C=O) groups is 1. The molecule has 0 bridgehead atoms.